The fourth-order valence-electron chi connectivity index (χ4n) is 5.49. The summed E-state index contributed by atoms with van der Waals surface area (Å²) in [5.41, 5.74) is 8.99. The van der Waals surface area contributed by atoms with Crippen molar-refractivity contribution in [3.8, 4) is 11.1 Å². The van der Waals surface area contributed by atoms with Crippen LogP contribution in [0.2, 0.25) is 0 Å². The molecule has 0 radical (unpaired) electrons. The molecule has 0 unspecified atom stereocenters. The number of aryl methyl sites for hydroxylation is 2. The van der Waals surface area contributed by atoms with E-state index in [9.17, 15) is 4.79 Å². The maximum Gasteiger partial charge on any atom is 0.238 e. The van der Waals surface area contributed by atoms with Crippen LogP contribution in [-0.4, -0.2) is 48.4 Å². The van der Waals surface area contributed by atoms with Crippen LogP contribution in [0.3, 0.4) is 0 Å². The maximum absolute atomic E-state index is 12.9. The SMILES string of the molecule is CCc1cccc(CC)c1NC(=O)CN1CCN(C2c3ccccc3-c3ccccc32)CC1. The van der Waals surface area contributed by atoms with Crippen LogP contribution < -0.4 is 5.32 Å². The van der Waals surface area contributed by atoms with E-state index in [1.54, 1.807) is 0 Å². The highest BCUT2D eigenvalue weighted by atomic mass is 16.2. The summed E-state index contributed by atoms with van der Waals surface area (Å²) < 4.78 is 0. The van der Waals surface area contributed by atoms with Crippen LogP contribution in [0.5, 0.6) is 0 Å². The number of anilines is 1. The van der Waals surface area contributed by atoms with E-state index in [2.05, 4.69) is 95.7 Å². The largest absolute Gasteiger partial charge is 0.324 e. The molecule has 4 heteroatoms. The van der Waals surface area contributed by atoms with Gasteiger partial charge in [-0.3, -0.25) is 14.6 Å². The van der Waals surface area contributed by atoms with Crippen molar-refractivity contribution in [3.05, 3.63) is 89.0 Å². The van der Waals surface area contributed by atoms with E-state index in [1.165, 1.54) is 33.4 Å². The van der Waals surface area contributed by atoms with E-state index in [0.29, 0.717) is 12.6 Å². The summed E-state index contributed by atoms with van der Waals surface area (Å²) in [6.07, 6.45) is 1.85. The number of nitrogens with zero attached hydrogens (tertiary/aromatic N) is 2. The highest BCUT2D eigenvalue weighted by Crippen LogP contribution is 2.46. The first-order valence-electron chi connectivity index (χ1n) is 12.2. The molecule has 1 heterocycles. The molecule has 0 aromatic heterocycles. The van der Waals surface area contributed by atoms with E-state index < -0.39 is 0 Å². The number of para-hydroxylation sites is 1. The van der Waals surface area contributed by atoms with Gasteiger partial charge in [-0.05, 0) is 46.2 Å². The molecule has 1 N–H and O–H groups in total. The molecule has 3 aromatic carbocycles. The van der Waals surface area contributed by atoms with Crippen LogP contribution in [0.1, 0.15) is 42.1 Å². The molecule has 0 saturated carbocycles. The number of amides is 1. The second-order valence-electron chi connectivity index (χ2n) is 9.10. The number of carbonyl (C=O) groups excluding carboxylic acids is 1. The average Bonchev–Trinajstić information content (AvgIpc) is 3.19. The number of benzene rings is 3. The van der Waals surface area contributed by atoms with E-state index in [1.807, 2.05) is 0 Å². The number of hydrogen-bond donors (Lipinski definition) is 1. The summed E-state index contributed by atoms with van der Waals surface area (Å²) in [6.45, 7) is 8.48. The molecule has 1 amide bonds. The second-order valence-corrected chi connectivity index (χ2v) is 9.10. The Labute approximate surface area is 197 Å². The molecule has 2 aliphatic rings. The molecule has 0 atom stereocenters. The van der Waals surface area contributed by atoms with Gasteiger partial charge in [0.2, 0.25) is 5.91 Å². The molecule has 1 aliphatic carbocycles. The Morgan fingerprint density at radius 3 is 1.88 bits per heavy atom. The lowest BCUT2D eigenvalue weighted by Crippen LogP contribution is -2.49. The van der Waals surface area contributed by atoms with Crippen LogP contribution in [0.25, 0.3) is 11.1 Å². The van der Waals surface area contributed by atoms with Gasteiger partial charge in [-0.1, -0.05) is 80.6 Å². The van der Waals surface area contributed by atoms with Gasteiger partial charge in [0, 0.05) is 31.9 Å². The summed E-state index contributed by atoms with van der Waals surface area (Å²) in [4.78, 5) is 17.8. The van der Waals surface area contributed by atoms with Crippen LogP contribution in [0.4, 0.5) is 5.69 Å². The van der Waals surface area contributed by atoms with E-state index in [0.717, 1.165) is 44.7 Å². The summed E-state index contributed by atoms with van der Waals surface area (Å²) >= 11 is 0. The average molecular weight is 440 g/mol. The van der Waals surface area contributed by atoms with Crippen molar-refractivity contribution in [2.75, 3.05) is 38.0 Å². The van der Waals surface area contributed by atoms with Gasteiger partial charge in [-0.15, -0.1) is 0 Å². The zero-order chi connectivity index (χ0) is 22.8. The zero-order valence-corrected chi connectivity index (χ0v) is 19.7. The van der Waals surface area contributed by atoms with E-state index >= 15 is 0 Å². The zero-order valence-electron chi connectivity index (χ0n) is 19.7. The predicted molar refractivity (Wildman–Crippen MR) is 136 cm³/mol. The van der Waals surface area contributed by atoms with Gasteiger partial charge in [0.25, 0.3) is 0 Å². The molecular formula is C29H33N3O. The number of nitrogens with one attached hydrogen (secondary N) is 1. The van der Waals surface area contributed by atoms with Gasteiger partial charge >= 0.3 is 0 Å². The lowest BCUT2D eigenvalue weighted by atomic mass is 10.0. The molecule has 3 aromatic rings. The Bertz CT molecular complexity index is 1080. The molecular weight excluding hydrogens is 406 g/mol. The molecule has 170 valence electrons. The lowest BCUT2D eigenvalue weighted by molar-refractivity contribution is -0.117. The number of piperazine rings is 1. The smallest absolute Gasteiger partial charge is 0.238 e. The lowest BCUT2D eigenvalue weighted by Gasteiger charge is -2.38. The minimum Gasteiger partial charge on any atom is -0.324 e. The third-order valence-corrected chi connectivity index (χ3v) is 7.20. The predicted octanol–water partition coefficient (Wildman–Crippen LogP) is 5.14. The van der Waals surface area contributed by atoms with Gasteiger partial charge in [0.15, 0.2) is 0 Å². The highest BCUT2D eigenvalue weighted by molar-refractivity contribution is 5.94. The van der Waals surface area contributed by atoms with E-state index in [4.69, 9.17) is 0 Å². The van der Waals surface area contributed by atoms with Gasteiger partial charge < -0.3 is 5.32 Å². The van der Waals surface area contributed by atoms with Crippen molar-refractivity contribution in [1.82, 2.24) is 9.80 Å². The van der Waals surface area contributed by atoms with Crippen molar-refractivity contribution in [3.63, 3.8) is 0 Å². The monoisotopic (exact) mass is 439 g/mol. The molecule has 1 fully saturated rings. The van der Waals surface area contributed by atoms with Gasteiger partial charge in [0.05, 0.1) is 12.6 Å². The third-order valence-electron chi connectivity index (χ3n) is 7.20. The minimum absolute atomic E-state index is 0.0932. The van der Waals surface area contributed by atoms with Gasteiger partial charge in [-0.25, -0.2) is 0 Å². The molecule has 0 spiro atoms. The minimum atomic E-state index is 0.0932. The summed E-state index contributed by atoms with van der Waals surface area (Å²) in [5, 5.41) is 3.23. The Balaban J connectivity index is 1.24. The molecule has 33 heavy (non-hydrogen) atoms. The Kier molecular flexibility index (Phi) is 6.30. The fraction of sp³-hybridized carbons (Fsp3) is 0.345. The summed E-state index contributed by atoms with van der Waals surface area (Å²) in [7, 11) is 0. The molecule has 1 aliphatic heterocycles. The topological polar surface area (TPSA) is 35.6 Å². The van der Waals surface area contributed by atoms with Gasteiger partial charge in [0.1, 0.15) is 0 Å². The molecule has 1 saturated heterocycles. The number of hydrogen-bond acceptors (Lipinski definition) is 3. The van der Waals surface area contributed by atoms with Crippen LogP contribution in [0, 0.1) is 0 Å². The van der Waals surface area contributed by atoms with Crippen molar-refractivity contribution < 1.29 is 4.79 Å². The molecule has 0 bridgehead atoms. The third kappa shape index (κ3) is 4.21. The first-order valence-corrected chi connectivity index (χ1v) is 12.2. The van der Waals surface area contributed by atoms with Crippen molar-refractivity contribution >= 4 is 11.6 Å². The Morgan fingerprint density at radius 1 is 0.788 bits per heavy atom. The van der Waals surface area contributed by atoms with Crippen molar-refractivity contribution in [2.45, 2.75) is 32.7 Å². The van der Waals surface area contributed by atoms with Crippen molar-refractivity contribution in [2.24, 2.45) is 0 Å². The first kappa shape index (κ1) is 21.9. The van der Waals surface area contributed by atoms with Crippen LogP contribution in [0.15, 0.2) is 66.7 Å². The first-order chi connectivity index (χ1) is 16.2. The Hall–Kier alpha value is -2.95. The van der Waals surface area contributed by atoms with Gasteiger partial charge in [-0.2, -0.15) is 0 Å². The standard InChI is InChI=1S/C29H33N3O/c1-3-21-10-9-11-22(4-2)28(21)30-27(33)20-31-16-18-32(19-17-31)29-25-14-7-5-12-23(25)24-13-6-8-15-26(24)29/h5-15,29H,3-4,16-20H2,1-2H3,(H,30,33). The number of carbonyl (C=O) groups is 1. The highest BCUT2D eigenvalue weighted by Gasteiger charge is 2.34. The quantitative estimate of drug-likeness (QED) is 0.578. The maximum atomic E-state index is 12.9. The normalized spacial score (nSPS) is 16.4. The van der Waals surface area contributed by atoms with Crippen LogP contribution in [-0.2, 0) is 17.6 Å². The fourth-order valence-corrected chi connectivity index (χ4v) is 5.49. The van der Waals surface area contributed by atoms with Crippen LogP contribution >= 0.6 is 0 Å². The number of rotatable bonds is 6. The number of fused-ring (bicyclic) bond motifs is 3. The van der Waals surface area contributed by atoms with E-state index in [-0.39, 0.29) is 5.91 Å². The van der Waals surface area contributed by atoms with Crippen molar-refractivity contribution in [1.29, 1.82) is 0 Å². The summed E-state index contributed by atoms with van der Waals surface area (Å²) in [6, 6.07) is 24.2. The molecule has 4 nitrogen and oxygen atoms in total. The molecule has 5 rings (SSSR count). The Morgan fingerprint density at radius 2 is 1.33 bits per heavy atom. The second kappa shape index (κ2) is 9.50. The summed E-state index contributed by atoms with van der Waals surface area (Å²) in [5.74, 6) is 0.0932.